The van der Waals surface area contributed by atoms with Crippen LogP contribution in [-0.4, -0.2) is 30.5 Å². The van der Waals surface area contributed by atoms with E-state index in [2.05, 4.69) is 20.5 Å². The van der Waals surface area contributed by atoms with Gasteiger partial charge in [-0.2, -0.15) is 23.4 Å². The van der Waals surface area contributed by atoms with Crippen LogP contribution < -0.4 is 5.32 Å². The lowest BCUT2D eigenvalue weighted by Crippen LogP contribution is -2.25. The molecule has 1 aliphatic rings. The highest BCUT2D eigenvalue weighted by Gasteiger charge is 2.45. The van der Waals surface area contributed by atoms with Gasteiger partial charge in [0.25, 0.3) is 5.91 Å². The van der Waals surface area contributed by atoms with Gasteiger partial charge < -0.3 is 9.73 Å². The summed E-state index contributed by atoms with van der Waals surface area (Å²) in [4.78, 5) is 16.9. The van der Waals surface area contributed by atoms with E-state index in [1.165, 1.54) is 4.68 Å². The lowest BCUT2D eigenvalue weighted by molar-refractivity contribution is -0.137. The second-order valence-electron chi connectivity index (χ2n) is 7.79. The number of nitrogens with one attached hydrogen (secondary N) is 1. The maximum absolute atomic E-state index is 14.1. The van der Waals surface area contributed by atoms with E-state index in [9.17, 15) is 18.0 Å². The van der Waals surface area contributed by atoms with Crippen LogP contribution in [0.25, 0.3) is 11.3 Å². The van der Waals surface area contributed by atoms with Crippen LogP contribution in [0.5, 0.6) is 0 Å². The first-order valence-corrected chi connectivity index (χ1v) is 10.3. The number of hydrogen-bond acceptors (Lipinski definition) is 5. The van der Waals surface area contributed by atoms with Crippen LogP contribution in [0.1, 0.15) is 38.8 Å². The Balaban J connectivity index is 1.50. The summed E-state index contributed by atoms with van der Waals surface area (Å²) in [5, 5.41) is 11.0. The number of hydrogen-bond donors (Lipinski definition) is 1. The van der Waals surface area contributed by atoms with Crippen molar-refractivity contribution in [2.75, 3.05) is 0 Å². The molecular formula is C22H19F3N6O2. The monoisotopic (exact) mass is 456 g/mol. The van der Waals surface area contributed by atoms with Crippen LogP contribution in [0.15, 0.2) is 47.3 Å². The number of aryl methyl sites for hydroxylation is 3. The lowest BCUT2D eigenvalue weighted by atomic mass is 9.93. The quantitative estimate of drug-likeness (QED) is 0.497. The molecule has 4 heterocycles. The summed E-state index contributed by atoms with van der Waals surface area (Å²) >= 11 is 0. The number of furan rings is 1. The van der Waals surface area contributed by atoms with Gasteiger partial charge in [-0.3, -0.25) is 19.1 Å². The van der Waals surface area contributed by atoms with Crippen molar-refractivity contribution >= 4 is 5.91 Å². The molecule has 33 heavy (non-hydrogen) atoms. The molecule has 8 nitrogen and oxygen atoms in total. The van der Waals surface area contributed by atoms with Gasteiger partial charge in [-0.15, -0.1) is 0 Å². The highest BCUT2D eigenvalue weighted by atomic mass is 19.4. The van der Waals surface area contributed by atoms with E-state index in [1.807, 2.05) is 12.1 Å². The fraction of sp³-hybridized carbons (Fsp3) is 0.273. The Kier molecular flexibility index (Phi) is 5.03. The topological polar surface area (TPSA) is 90.8 Å². The van der Waals surface area contributed by atoms with Gasteiger partial charge in [0.1, 0.15) is 11.3 Å². The molecule has 4 aromatic rings. The standard InChI is InChI=1S/C22H19F3N6O2/c1-30-9-7-14(28-30)10-27-21(32)20-18(22(23,24)25)17-16(33-20)6-5-13-11-31(29-19(13)17)12-15-4-2-3-8-26-15/h2-4,7-9,11H,5-6,10,12H2,1H3,(H,27,32). The first kappa shape index (κ1) is 21.0. The molecule has 0 saturated heterocycles. The van der Waals surface area contributed by atoms with Crippen LogP contribution in [-0.2, 0) is 39.2 Å². The molecule has 170 valence electrons. The second-order valence-corrected chi connectivity index (χ2v) is 7.79. The van der Waals surface area contributed by atoms with E-state index in [0.29, 0.717) is 24.2 Å². The van der Waals surface area contributed by atoms with E-state index in [0.717, 1.165) is 5.69 Å². The molecular weight excluding hydrogens is 437 g/mol. The Labute approximate surface area is 186 Å². The third-order valence-corrected chi connectivity index (χ3v) is 5.42. The predicted molar refractivity (Wildman–Crippen MR) is 110 cm³/mol. The first-order chi connectivity index (χ1) is 15.8. The minimum Gasteiger partial charge on any atom is -0.455 e. The zero-order valence-corrected chi connectivity index (χ0v) is 17.6. The number of alkyl halides is 3. The van der Waals surface area contributed by atoms with E-state index >= 15 is 0 Å². The Morgan fingerprint density at radius 1 is 1.18 bits per heavy atom. The lowest BCUT2D eigenvalue weighted by Gasteiger charge is -2.12. The van der Waals surface area contributed by atoms with Crippen molar-refractivity contribution in [1.82, 2.24) is 29.9 Å². The molecule has 0 unspecified atom stereocenters. The molecule has 1 N–H and O–H groups in total. The minimum absolute atomic E-state index is 0.0215. The molecule has 0 radical (unpaired) electrons. The van der Waals surface area contributed by atoms with E-state index in [-0.39, 0.29) is 30.0 Å². The van der Waals surface area contributed by atoms with Crippen molar-refractivity contribution in [3.05, 3.63) is 76.9 Å². The summed E-state index contributed by atoms with van der Waals surface area (Å²) < 4.78 is 51.0. The average Bonchev–Trinajstić information content (AvgIpc) is 3.47. The summed E-state index contributed by atoms with van der Waals surface area (Å²) in [5.41, 5.74) is 0.852. The smallest absolute Gasteiger partial charge is 0.420 e. The normalized spacial score (nSPS) is 13.0. The summed E-state index contributed by atoms with van der Waals surface area (Å²) in [5.74, 6) is -1.59. The molecule has 0 aliphatic heterocycles. The van der Waals surface area contributed by atoms with Crippen molar-refractivity contribution in [3.8, 4) is 11.3 Å². The number of pyridine rings is 1. The molecule has 0 spiro atoms. The highest BCUT2D eigenvalue weighted by molar-refractivity contribution is 5.96. The fourth-order valence-corrected chi connectivity index (χ4v) is 3.99. The van der Waals surface area contributed by atoms with Crippen molar-refractivity contribution < 1.29 is 22.4 Å². The van der Waals surface area contributed by atoms with Gasteiger partial charge >= 0.3 is 6.18 Å². The van der Waals surface area contributed by atoms with Gasteiger partial charge in [0.2, 0.25) is 5.76 Å². The van der Waals surface area contributed by atoms with Gasteiger partial charge in [0, 0.05) is 32.1 Å². The zero-order chi connectivity index (χ0) is 23.2. The summed E-state index contributed by atoms with van der Waals surface area (Å²) in [6.07, 6.45) is 0.954. The van der Waals surface area contributed by atoms with Crippen molar-refractivity contribution in [1.29, 1.82) is 0 Å². The van der Waals surface area contributed by atoms with Crippen molar-refractivity contribution in [3.63, 3.8) is 0 Å². The molecule has 0 bridgehead atoms. The average molecular weight is 456 g/mol. The van der Waals surface area contributed by atoms with E-state index < -0.39 is 23.4 Å². The van der Waals surface area contributed by atoms with Crippen molar-refractivity contribution in [2.24, 2.45) is 7.05 Å². The summed E-state index contributed by atoms with van der Waals surface area (Å²) in [6, 6.07) is 7.09. The van der Waals surface area contributed by atoms with Gasteiger partial charge in [0.15, 0.2) is 0 Å². The maximum atomic E-state index is 14.1. The summed E-state index contributed by atoms with van der Waals surface area (Å²) in [7, 11) is 1.71. The number of nitrogens with zero attached hydrogens (tertiary/aromatic N) is 5. The largest absolute Gasteiger partial charge is 0.455 e. The van der Waals surface area contributed by atoms with E-state index in [1.54, 1.807) is 42.5 Å². The van der Waals surface area contributed by atoms with Crippen LogP contribution >= 0.6 is 0 Å². The number of carbonyl (C=O) groups excluding carboxylic acids is 1. The molecule has 0 aromatic carbocycles. The fourth-order valence-electron chi connectivity index (χ4n) is 3.99. The SMILES string of the molecule is Cn1ccc(CNC(=O)c2oc3c(c2C(F)(F)F)-c2nn(Cc4ccccn4)cc2CC3)n1. The number of amides is 1. The number of fused-ring (bicyclic) bond motifs is 3. The molecule has 0 fully saturated rings. The predicted octanol–water partition coefficient (Wildman–Crippen LogP) is 3.37. The molecule has 4 aromatic heterocycles. The molecule has 11 heteroatoms. The number of rotatable bonds is 5. The summed E-state index contributed by atoms with van der Waals surface area (Å²) in [6.45, 7) is 0.298. The Morgan fingerprint density at radius 3 is 2.73 bits per heavy atom. The van der Waals surface area contributed by atoms with Crippen LogP contribution in [0.2, 0.25) is 0 Å². The van der Waals surface area contributed by atoms with Gasteiger partial charge in [-0.25, -0.2) is 0 Å². The number of halogens is 3. The van der Waals surface area contributed by atoms with Crippen LogP contribution in [0.3, 0.4) is 0 Å². The molecule has 1 amide bonds. The maximum Gasteiger partial charge on any atom is 0.420 e. The van der Waals surface area contributed by atoms with Crippen LogP contribution in [0.4, 0.5) is 13.2 Å². The van der Waals surface area contributed by atoms with Gasteiger partial charge in [-0.1, -0.05) is 6.07 Å². The molecule has 0 atom stereocenters. The molecule has 0 saturated carbocycles. The second kappa shape index (κ2) is 7.91. The number of aromatic nitrogens is 5. The first-order valence-electron chi connectivity index (χ1n) is 10.3. The highest BCUT2D eigenvalue weighted by Crippen LogP contribution is 2.46. The van der Waals surface area contributed by atoms with Crippen LogP contribution in [0, 0.1) is 0 Å². The zero-order valence-electron chi connectivity index (χ0n) is 17.6. The van der Waals surface area contributed by atoms with E-state index in [4.69, 9.17) is 4.42 Å². The number of carbonyl (C=O) groups is 1. The minimum atomic E-state index is -4.80. The van der Waals surface area contributed by atoms with Gasteiger partial charge in [0.05, 0.1) is 35.7 Å². The third kappa shape index (κ3) is 4.01. The Bertz CT molecular complexity index is 1320. The van der Waals surface area contributed by atoms with Crippen molar-refractivity contribution in [2.45, 2.75) is 32.1 Å². The Morgan fingerprint density at radius 2 is 2.03 bits per heavy atom. The third-order valence-electron chi connectivity index (χ3n) is 5.42. The van der Waals surface area contributed by atoms with Gasteiger partial charge in [-0.05, 0) is 30.2 Å². The molecule has 1 aliphatic carbocycles. The molecule has 5 rings (SSSR count). The Hall–Kier alpha value is -3.89.